The minimum atomic E-state index is -4.62. The first-order chi connectivity index (χ1) is 9.70. The van der Waals surface area contributed by atoms with Crippen LogP contribution in [-0.2, 0) is 10.0 Å². The summed E-state index contributed by atoms with van der Waals surface area (Å²) in [6.07, 6.45) is 0. The molecule has 3 N–H and O–H groups in total. The molecule has 0 radical (unpaired) electrons. The van der Waals surface area contributed by atoms with Crippen molar-refractivity contribution in [1.29, 1.82) is 0 Å². The van der Waals surface area contributed by atoms with Crippen molar-refractivity contribution in [2.45, 2.75) is 4.90 Å². The Morgan fingerprint density at radius 3 is 2.14 bits per heavy atom. The summed E-state index contributed by atoms with van der Waals surface area (Å²) in [7, 11) is -4.62. The minimum Gasteiger partial charge on any atom is -0.397 e. The summed E-state index contributed by atoms with van der Waals surface area (Å²) in [4.78, 5) is -1.29. The third-order valence-corrected chi connectivity index (χ3v) is 4.14. The molecule has 21 heavy (non-hydrogen) atoms. The number of nitrogens with one attached hydrogen (secondary N) is 1. The maximum absolute atomic E-state index is 13.5. The van der Waals surface area contributed by atoms with E-state index in [1.54, 1.807) is 0 Å². The summed E-state index contributed by atoms with van der Waals surface area (Å²) in [5.74, 6) is -4.32. The van der Waals surface area contributed by atoms with Crippen LogP contribution in [0.25, 0.3) is 0 Å². The van der Waals surface area contributed by atoms with Gasteiger partial charge in [-0.1, -0.05) is 11.6 Å². The molecular weight excluding hydrogens is 329 g/mol. The second-order valence-electron chi connectivity index (χ2n) is 4.04. The van der Waals surface area contributed by atoms with Crippen molar-refractivity contribution >= 4 is 33.0 Å². The van der Waals surface area contributed by atoms with Crippen LogP contribution in [0.15, 0.2) is 35.2 Å². The summed E-state index contributed by atoms with van der Waals surface area (Å²) < 4.78 is 65.7. The summed E-state index contributed by atoms with van der Waals surface area (Å²) in [6, 6.07) is 4.37. The molecule has 2 aromatic carbocycles. The number of hydrogen-bond acceptors (Lipinski definition) is 3. The van der Waals surface area contributed by atoms with Crippen LogP contribution in [0.5, 0.6) is 0 Å². The lowest BCUT2D eigenvalue weighted by molar-refractivity contribution is 0.498. The second kappa shape index (κ2) is 5.45. The van der Waals surface area contributed by atoms with Crippen molar-refractivity contribution in [1.82, 2.24) is 0 Å². The number of sulfonamides is 1. The van der Waals surface area contributed by atoms with E-state index in [9.17, 15) is 21.6 Å². The number of benzene rings is 2. The van der Waals surface area contributed by atoms with Gasteiger partial charge in [-0.25, -0.2) is 21.6 Å². The van der Waals surface area contributed by atoms with Crippen molar-refractivity contribution in [3.63, 3.8) is 0 Å². The van der Waals surface area contributed by atoms with Gasteiger partial charge in [0.05, 0.1) is 11.4 Å². The number of hydrogen-bond donors (Lipinski definition) is 2. The Bertz CT molecular complexity index is 789. The molecule has 0 fully saturated rings. The fourth-order valence-electron chi connectivity index (χ4n) is 1.61. The Labute approximate surface area is 123 Å². The molecule has 0 bridgehead atoms. The normalized spacial score (nSPS) is 11.4. The Kier molecular flexibility index (Phi) is 4.02. The topological polar surface area (TPSA) is 72.2 Å². The number of anilines is 2. The van der Waals surface area contributed by atoms with E-state index in [4.69, 9.17) is 17.3 Å². The van der Waals surface area contributed by atoms with Gasteiger partial charge >= 0.3 is 0 Å². The van der Waals surface area contributed by atoms with E-state index < -0.39 is 32.4 Å². The lowest BCUT2D eigenvalue weighted by Crippen LogP contribution is -2.17. The van der Waals surface area contributed by atoms with E-state index in [1.165, 1.54) is 18.2 Å². The molecule has 112 valence electrons. The van der Waals surface area contributed by atoms with Crippen LogP contribution in [0.3, 0.4) is 0 Å². The molecule has 0 aliphatic heterocycles. The average molecular weight is 337 g/mol. The first-order valence-electron chi connectivity index (χ1n) is 5.43. The van der Waals surface area contributed by atoms with E-state index >= 15 is 0 Å². The SMILES string of the molecule is Nc1cc(Cl)ccc1NS(=O)(=O)c1c(F)cc(F)cc1F. The highest BCUT2D eigenvalue weighted by atomic mass is 35.5. The van der Waals surface area contributed by atoms with Crippen molar-refractivity contribution < 1.29 is 21.6 Å². The van der Waals surface area contributed by atoms with Gasteiger partial charge in [-0.2, -0.15) is 0 Å². The summed E-state index contributed by atoms with van der Waals surface area (Å²) >= 11 is 5.65. The van der Waals surface area contributed by atoms with Crippen LogP contribution in [-0.4, -0.2) is 8.42 Å². The quantitative estimate of drug-likeness (QED) is 0.846. The first kappa shape index (κ1) is 15.5. The van der Waals surface area contributed by atoms with E-state index in [-0.39, 0.29) is 28.5 Å². The molecule has 0 aliphatic carbocycles. The van der Waals surface area contributed by atoms with Gasteiger partial charge in [0.2, 0.25) is 0 Å². The summed E-state index contributed by atoms with van der Waals surface area (Å²) in [5.41, 5.74) is 5.41. The van der Waals surface area contributed by atoms with Gasteiger partial charge in [-0.05, 0) is 18.2 Å². The summed E-state index contributed by atoms with van der Waals surface area (Å²) in [5, 5.41) is 0.259. The van der Waals surface area contributed by atoms with Gasteiger partial charge < -0.3 is 5.73 Å². The van der Waals surface area contributed by atoms with Crippen molar-refractivity contribution in [3.8, 4) is 0 Å². The maximum atomic E-state index is 13.5. The third kappa shape index (κ3) is 3.22. The van der Waals surface area contributed by atoms with Gasteiger partial charge in [0.15, 0.2) is 4.90 Å². The average Bonchev–Trinajstić information content (AvgIpc) is 2.30. The lowest BCUT2D eigenvalue weighted by atomic mass is 10.3. The van der Waals surface area contributed by atoms with Crippen LogP contribution in [0.1, 0.15) is 0 Å². The zero-order valence-electron chi connectivity index (χ0n) is 10.2. The van der Waals surface area contributed by atoms with Crippen molar-refractivity contribution in [2.24, 2.45) is 0 Å². The Hall–Kier alpha value is -1.93. The molecule has 2 aromatic rings. The van der Waals surface area contributed by atoms with Crippen molar-refractivity contribution in [2.75, 3.05) is 10.5 Å². The predicted octanol–water partition coefficient (Wildman–Crippen LogP) is 3.14. The van der Waals surface area contributed by atoms with Crippen LogP contribution in [0, 0.1) is 17.5 Å². The van der Waals surface area contributed by atoms with Crippen LogP contribution in [0.2, 0.25) is 5.02 Å². The minimum absolute atomic E-state index is 0.0333. The molecule has 0 aliphatic rings. The standard InChI is InChI=1S/C12H8ClF3N2O2S/c13-6-1-2-11(10(17)3-6)18-21(19,20)12-8(15)4-7(14)5-9(12)16/h1-5,18H,17H2. The molecule has 4 nitrogen and oxygen atoms in total. The molecule has 0 unspecified atom stereocenters. The molecule has 0 spiro atoms. The van der Waals surface area contributed by atoms with Gasteiger partial charge in [-0.15, -0.1) is 0 Å². The molecular formula is C12H8ClF3N2O2S. The third-order valence-electron chi connectivity index (χ3n) is 2.49. The first-order valence-corrected chi connectivity index (χ1v) is 7.29. The highest BCUT2D eigenvalue weighted by Gasteiger charge is 2.25. The highest BCUT2D eigenvalue weighted by Crippen LogP contribution is 2.27. The maximum Gasteiger partial charge on any atom is 0.267 e. The Morgan fingerprint density at radius 2 is 1.62 bits per heavy atom. The van der Waals surface area contributed by atoms with Gasteiger partial charge in [0.1, 0.15) is 17.5 Å². The van der Waals surface area contributed by atoms with Crippen LogP contribution >= 0.6 is 11.6 Å². The number of halogens is 4. The molecule has 0 atom stereocenters. The highest BCUT2D eigenvalue weighted by molar-refractivity contribution is 7.92. The van der Waals surface area contributed by atoms with Crippen LogP contribution < -0.4 is 10.5 Å². The zero-order valence-corrected chi connectivity index (χ0v) is 11.8. The zero-order chi connectivity index (χ0) is 15.8. The summed E-state index contributed by atoms with van der Waals surface area (Å²) in [6.45, 7) is 0. The molecule has 0 saturated carbocycles. The number of nitrogen functional groups attached to an aromatic ring is 1. The molecule has 9 heteroatoms. The van der Waals surface area contributed by atoms with Crippen LogP contribution in [0.4, 0.5) is 24.5 Å². The van der Waals surface area contributed by atoms with E-state index in [0.29, 0.717) is 0 Å². The van der Waals surface area contributed by atoms with Crippen molar-refractivity contribution in [3.05, 3.63) is 52.8 Å². The Balaban J connectivity index is 2.48. The predicted molar refractivity (Wildman–Crippen MR) is 73.0 cm³/mol. The monoisotopic (exact) mass is 336 g/mol. The molecule has 0 amide bonds. The number of rotatable bonds is 3. The second-order valence-corrected chi connectivity index (χ2v) is 6.09. The molecule has 2 rings (SSSR count). The van der Waals surface area contributed by atoms with Gasteiger partial charge in [-0.3, -0.25) is 4.72 Å². The van der Waals surface area contributed by atoms with E-state index in [0.717, 1.165) is 0 Å². The molecule has 0 saturated heterocycles. The number of nitrogens with two attached hydrogens (primary N) is 1. The smallest absolute Gasteiger partial charge is 0.267 e. The largest absolute Gasteiger partial charge is 0.397 e. The Morgan fingerprint density at radius 1 is 1.05 bits per heavy atom. The van der Waals surface area contributed by atoms with E-state index in [2.05, 4.69) is 0 Å². The fourth-order valence-corrected chi connectivity index (χ4v) is 3.00. The van der Waals surface area contributed by atoms with Gasteiger partial charge in [0.25, 0.3) is 10.0 Å². The lowest BCUT2D eigenvalue weighted by Gasteiger charge is -2.11. The fraction of sp³-hybridized carbons (Fsp3) is 0. The molecule has 0 heterocycles. The van der Waals surface area contributed by atoms with Gasteiger partial charge in [0, 0.05) is 17.2 Å². The molecule has 0 aromatic heterocycles. The van der Waals surface area contributed by atoms with E-state index in [1.807, 2.05) is 4.72 Å².